The number of halogens is 1. The van der Waals surface area contributed by atoms with Gasteiger partial charge >= 0.3 is 0 Å². The van der Waals surface area contributed by atoms with Crippen LogP contribution in [0.1, 0.15) is 32.1 Å². The average molecular weight is 345 g/mol. The van der Waals surface area contributed by atoms with E-state index in [1.807, 2.05) is 24.3 Å². The fourth-order valence-corrected chi connectivity index (χ4v) is 4.57. The van der Waals surface area contributed by atoms with Crippen molar-refractivity contribution in [2.45, 2.75) is 38.1 Å². The molecule has 0 heterocycles. The SMILES string of the molecule is Cl.NC1C2CCCC1CC(C(=O)Nc1cccc3ccccc13)C2. The topological polar surface area (TPSA) is 55.1 Å². The van der Waals surface area contributed by atoms with Gasteiger partial charge in [-0.05, 0) is 49.0 Å². The summed E-state index contributed by atoms with van der Waals surface area (Å²) < 4.78 is 0. The number of nitrogens with one attached hydrogen (secondary N) is 1. The summed E-state index contributed by atoms with van der Waals surface area (Å²) in [7, 11) is 0. The van der Waals surface area contributed by atoms with Crippen LogP contribution in [0.15, 0.2) is 42.5 Å². The number of anilines is 1. The largest absolute Gasteiger partial charge is 0.327 e. The Morgan fingerprint density at radius 2 is 1.67 bits per heavy atom. The van der Waals surface area contributed by atoms with Crippen molar-refractivity contribution in [3.05, 3.63) is 42.5 Å². The van der Waals surface area contributed by atoms with Crippen molar-refractivity contribution in [2.24, 2.45) is 23.5 Å². The molecule has 2 fully saturated rings. The predicted molar refractivity (Wildman–Crippen MR) is 101 cm³/mol. The summed E-state index contributed by atoms with van der Waals surface area (Å²) >= 11 is 0. The molecule has 24 heavy (non-hydrogen) atoms. The number of amides is 1. The molecular weight excluding hydrogens is 320 g/mol. The Morgan fingerprint density at radius 1 is 1.00 bits per heavy atom. The Kier molecular flexibility index (Phi) is 5.12. The molecule has 2 saturated carbocycles. The first kappa shape index (κ1) is 17.2. The maximum Gasteiger partial charge on any atom is 0.227 e. The van der Waals surface area contributed by atoms with Crippen LogP contribution in [0, 0.1) is 17.8 Å². The minimum Gasteiger partial charge on any atom is -0.327 e. The minimum atomic E-state index is 0. The molecule has 2 unspecified atom stereocenters. The van der Waals surface area contributed by atoms with Crippen LogP contribution >= 0.6 is 12.4 Å². The van der Waals surface area contributed by atoms with Gasteiger partial charge in [-0.25, -0.2) is 0 Å². The van der Waals surface area contributed by atoms with E-state index >= 15 is 0 Å². The van der Waals surface area contributed by atoms with E-state index in [1.54, 1.807) is 0 Å². The first-order valence-electron chi connectivity index (χ1n) is 8.76. The van der Waals surface area contributed by atoms with Crippen LogP contribution in [0.5, 0.6) is 0 Å². The lowest BCUT2D eigenvalue weighted by molar-refractivity contribution is -0.122. The Bertz CT molecular complexity index is 713. The summed E-state index contributed by atoms with van der Waals surface area (Å²) in [5.41, 5.74) is 7.27. The third-order valence-electron chi connectivity index (χ3n) is 5.83. The van der Waals surface area contributed by atoms with Crippen molar-refractivity contribution < 1.29 is 4.79 Å². The molecule has 2 aliphatic carbocycles. The lowest BCUT2D eigenvalue weighted by Gasteiger charge is -2.43. The van der Waals surface area contributed by atoms with Gasteiger partial charge in [0.15, 0.2) is 0 Å². The van der Waals surface area contributed by atoms with Crippen LogP contribution in [0.2, 0.25) is 0 Å². The van der Waals surface area contributed by atoms with Crippen LogP contribution in [0.4, 0.5) is 5.69 Å². The van der Waals surface area contributed by atoms with Crippen LogP contribution in [-0.2, 0) is 4.79 Å². The van der Waals surface area contributed by atoms with E-state index < -0.39 is 0 Å². The highest BCUT2D eigenvalue weighted by Crippen LogP contribution is 2.42. The molecule has 4 rings (SSSR count). The molecule has 128 valence electrons. The zero-order valence-electron chi connectivity index (χ0n) is 13.8. The van der Waals surface area contributed by atoms with Crippen molar-refractivity contribution in [1.29, 1.82) is 0 Å². The van der Waals surface area contributed by atoms with Crippen molar-refractivity contribution in [3.8, 4) is 0 Å². The molecule has 3 nitrogen and oxygen atoms in total. The van der Waals surface area contributed by atoms with Crippen molar-refractivity contribution >= 4 is 34.8 Å². The summed E-state index contributed by atoms with van der Waals surface area (Å²) in [5, 5.41) is 5.45. The van der Waals surface area contributed by atoms with Gasteiger partial charge < -0.3 is 11.1 Å². The van der Waals surface area contributed by atoms with Gasteiger partial charge in [0.1, 0.15) is 0 Å². The number of carbonyl (C=O) groups excluding carboxylic acids is 1. The Balaban J connectivity index is 0.00000169. The van der Waals surface area contributed by atoms with E-state index in [9.17, 15) is 4.79 Å². The summed E-state index contributed by atoms with van der Waals surface area (Å²) in [5.74, 6) is 1.35. The smallest absolute Gasteiger partial charge is 0.227 e. The van der Waals surface area contributed by atoms with Gasteiger partial charge in [-0.2, -0.15) is 0 Å². The fourth-order valence-electron chi connectivity index (χ4n) is 4.57. The molecule has 2 bridgehead atoms. The zero-order valence-corrected chi connectivity index (χ0v) is 14.6. The second-order valence-corrected chi connectivity index (χ2v) is 7.21. The van der Waals surface area contributed by atoms with Crippen molar-refractivity contribution in [1.82, 2.24) is 0 Å². The van der Waals surface area contributed by atoms with Crippen LogP contribution in [0.25, 0.3) is 10.8 Å². The average Bonchev–Trinajstić information content (AvgIpc) is 2.55. The lowest BCUT2D eigenvalue weighted by atomic mass is 9.65. The molecule has 2 aliphatic rings. The molecule has 0 aromatic heterocycles. The fraction of sp³-hybridized carbons (Fsp3) is 0.450. The van der Waals surface area contributed by atoms with Gasteiger partial charge in [0, 0.05) is 23.0 Å². The lowest BCUT2D eigenvalue weighted by Crippen LogP contribution is -2.48. The number of hydrogen-bond acceptors (Lipinski definition) is 2. The highest BCUT2D eigenvalue weighted by Gasteiger charge is 2.40. The highest BCUT2D eigenvalue weighted by atomic mass is 35.5. The zero-order chi connectivity index (χ0) is 15.8. The van der Waals surface area contributed by atoms with Crippen LogP contribution < -0.4 is 11.1 Å². The van der Waals surface area contributed by atoms with Crippen molar-refractivity contribution in [3.63, 3.8) is 0 Å². The third kappa shape index (κ3) is 3.15. The third-order valence-corrected chi connectivity index (χ3v) is 5.83. The molecular formula is C20H25ClN2O. The molecule has 0 aliphatic heterocycles. The Hall–Kier alpha value is -1.58. The van der Waals surface area contributed by atoms with E-state index in [0.29, 0.717) is 17.9 Å². The van der Waals surface area contributed by atoms with Crippen LogP contribution in [0.3, 0.4) is 0 Å². The molecule has 2 aromatic carbocycles. The highest BCUT2D eigenvalue weighted by molar-refractivity contribution is 6.02. The van der Waals surface area contributed by atoms with E-state index in [4.69, 9.17) is 5.73 Å². The van der Waals surface area contributed by atoms with Gasteiger partial charge in [-0.15, -0.1) is 12.4 Å². The Morgan fingerprint density at radius 3 is 2.42 bits per heavy atom. The predicted octanol–water partition coefficient (Wildman–Crippen LogP) is 4.35. The molecule has 0 radical (unpaired) electrons. The molecule has 4 heteroatoms. The summed E-state index contributed by atoms with van der Waals surface area (Å²) in [6.07, 6.45) is 5.56. The van der Waals surface area contributed by atoms with Gasteiger partial charge in [-0.3, -0.25) is 4.79 Å². The van der Waals surface area contributed by atoms with Gasteiger partial charge in [0.05, 0.1) is 0 Å². The molecule has 2 atom stereocenters. The summed E-state index contributed by atoms with van der Waals surface area (Å²) in [4.78, 5) is 12.8. The second kappa shape index (κ2) is 7.12. The normalized spacial score (nSPS) is 28.9. The number of fused-ring (bicyclic) bond motifs is 3. The Labute approximate surface area is 149 Å². The molecule has 1 amide bonds. The summed E-state index contributed by atoms with van der Waals surface area (Å²) in [6.45, 7) is 0. The monoisotopic (exact) mass is 344 g/mol. The number of benzene rings is 2. The quantitative estimate of drug-likeness (QED) is 0.850. The maximum atomic E-state index is 12.8. The molecule has 0 spiro atoms. The maximum absolute atomic E-state index is 12.8. The van der Waals surface area contributed by atoms with Crippen LogP contribution in [-0.4, -0.2) is 11.9 Å². The minimum absolute atomic E-state index is 0. The second-order valence-electron chi connectivity index (χ2n) is 7.21. The van der Waals surface area contributed by atoms with Crippen molar-refractivity contribution in [2.75, 3.05) is 5.32 Å². The van der Waals surface area contributed by atoms with Gasteiger partial charge in [-0.1, -0.05) is 42.8 Å². The summed E-state index contributed by atoms with van der Waals surface area (Å²) in [6, 6.07) is 14.6. The number of hydrogen-bond donors (Lipinski definition) is 2. The standard InChI is InChI=1S/C20H24N2O.ClH/c21-19-14-7-3-8-15(19)12-16(11-14)20(23)22-18-10-4-6-13-5-1-2-9-17(13)18;/h1-2,4-6,9-10,14-16,19H,3,7-8,11-12,21H2,(H,22,23);1H. The number of nitrogens with two attached hydrogens (primary N) is 1. The van der Waals surface area contributed by atoms with E-state index in [0.717, 1.165) is 29.3 Å². The van der Waals surface area contributed by atoms with Gasteiger partial charge in [0.2, 0.25) is 5.91 Å². The molecule has 0 saturated heterocycles. The molecule has 3 N–H and O–H groups in total. The van der Waals surface area contributed by atoms with E-state index in [2.05, 4.69) is 23.5 Å². The number of rotatable bonds is 2. The van der Waals surface area contributed by atoms with E-state index in [1.165, 1.54) is 19.3 Å². The first-order chi connectivity index (χ1) is 11.2. The van der Waals surface area contributed by atoms with Gasteiger partial charge in [0.25, 0.3) is 0 Å². The van der Waals surface area contributed by atoms with E-state index in [-0.39, 0.29) is 24.2 Å². The molecule has 2 aromatic rings. The number of carbonyl (C=O) groups is 1. The first-order valence-corrected chi connectivity index (χ1v) is 8.76.